The summed E-state index contributed by atoms with van der Waals surface area (Å²) < 4.78 is 24.6. The molecule has 0 N–H and O–H groups in total. The van der Waals surface area contributed by atoms with E-state index in [0.29, 0.717) is 17.9 Å². The second kappa shape index (κ2) is 5.22. The number of aromatic nitrogens is 3. The van der Waals surface area contributed by atoms with Crippen LogP contribution in [0.15, 0.2) is 10.4 Å². The lowest BCUT2D eigenvalue weighted by atomic mass is 10.3. The van der Waals surface area contributed by atoms with Crippen molar-refractivity contribution in [3.8, 4) is 0 Å². The van der Waals surface area contributed by atoms with Gasteiger partial charge in [-0.25, -0.2) is 13.4 Å². The van der Waals surface area contributed by atoms with E-state index in [1.54, 1.807) is 35.4 Å². The molecular weight excluding hydrogens is 306 g/mol. The lowest BCUT2D eigenvalue weighted by molar-refractivity contribution is 0.591. The number of aryl methyl sites for hydroxylation is 4. The van der Waals surface area contributed by atoms with Crippen LogP contribution < -0.4 is 0 Å². The first kappa shape index (κ1) is 14.5. The monoisotopic (exact) mass is 319 g/mol. The van der Waals surface area contributed by atoms with E-state index in [4.69, 9.17) is 10.7 Å². The normalized spacial score (nSPS) is 12.0. The molecule has 0 bridgehead atoms. The quantitative estimate of drug-likeness (QED) is 0.812. The average Bonchev–Trinajstić information content (AvgIpc) is 2.79. The number of rotatable bonds is 4. The molecule has 8 heteroatoms. The summed E-state index contributed by atoms with van der Waals surface area (Å²) in [7, 11) is 1.67. The maximum absolute atomic E-state index is 11.5. The van der Waals surface area contributed by atoms with Crippen LogP contribution in [0.3, 0.4) is 0 Å². The summed E-state index contributed by atoms with van der Waals surface area (Å²) >= 11 is 1.59. The van der Waals surface area contributed by atoms with E-state index in [1.807, 2.05) is 6.92 Å². The summed E-state index contributed by atoms with van der Waals surface area (Å²) in [6, 6.07) is 0. The lowest BCUT2D eigenvalue weighted by Crippen LogP contribution is -2.06. The molecule has 0 aliphatic rings. The summed E-state index contributed by atoms with van der Waals surface area (Å²) in [5.74, 6) is 0. The summed E-state index contributed by atoms with van der Waals surface area (Å²) in [5, 5.41) is 4.24. The number of nitrogens with zero attached hydrogens (tertiary/aromatic N) is 3. The van der Waals surface area contributed by atoms with E-state index in [2.05, 4.69) is 10.1 Å². The molecule has 2 aromatic rings. The predicted octanol–water partition coefficient (Wildman–Crippen LogP) is 2.44. The van der Waals surface area contributed by atoms with E-state index < -0.39 is 9.05 Å². The van der Waals surface area contributed by atoms with Gasteiger partial charge in [0.15, 0.2) is 0 Å². The average molecular weight is 320 g/mol. The van der Waals surface area contributed by atoms with Gasteiger partial charge in [0, 0.05) is 28.5 Å². The van der Waals surface area contributed by atoms with Gasteiger partial charge in [-0.2, -0.15) is 5.10 Å². The predicted molar refractivity (Wildman–Crippen MR) is 75.3 cm³/mol. The van der Waals surface area contributed by atoms with Gasteiger partial charge in [-0.1, -0.05) is 0 Å². The molecule has 0 aliphatic carbocycles. The molecule has 0 fully saturated rings. The van der Waals surface area contributed by atoms with Crippen LogP contribution in [0.25, 0.3) is 0 Å². The molecule has 0 spiro atoms. The van der Waals surface area contributed by atoms with Gasteiger partial charge < -0.3 is 0 Å². The molecule has 0 saturated heterocycles. The van der Waals surface area contributed by atoms with Crippen molar-refractivity contribution >= 4 is 31.1 Å². The van der Waals surface area contributed by atoms with Gasteiger partial charge in [-0.05, 0) is 20.8 Å². The highest BCUT2D eigenvalue weighted by atomic mass is 35.7. The van der Waals surface area contributed by atoms with Crippen molar-refractivity contribution < 1.29 is 8.42 Å². The molecule has 0 radical (unpaired) electrons. The fraction of sp³-hybridized carbons (Fsp3) is 0.455. The number of halogens is 1. The maximum Gasteiger partial charge on any atom is 0.264 e. The van der Waals surface area contributed by atoms with Crippen molar-refractivity contribution in [3.05, 3.63) is 27.5 Å². The van der Waals surface area contributed by atoms with E-state index in [0.717, 1.165) is 12.1 Å². The first-order valence-electron chi connectivity index (χ1n) is 5.68. The lowest BCUT2D eigenvalue weighted by Gasteiger charge is -2.04. The Kier molecular flexibility index (Phi) is 3.98. The van der Waals surface area contributed by atoms with Gasteiger partial charge in [0.2, 0.25) is 0 Å². The van der Waals surface area contributed by atoms with Gasteiger partial charge in [0.1, 0.15) is 4.90 Å². The van der Waals surface area contributed by atoms with Gasteiger partial charge in [-0.3, -0.25) is 4.68 Å². The van der Waals surface area contributed by atoms with E-state index in [9.17, 15) is 8.42 Å². The molecule has 2 aromatic heterocycles. The topological polar surface area (TPSA) is 64.8 Å². The van der Waals surface area contributed by atoms with Crippen molar-refractivity contribution in [2.45, 2.75) is 38.6 Å². The van der Waals surface area contributed by atoms with Gasteiger partial charge in [-0.15, -0.1) is 11.3 Å². The Morgan fingerprint density at radius 3 is 2.47 bits per heavy atom. The molecule has 0 amide bonds. The molecule has 0 aromatic carbocycles. The van der Waals surface area contributed by atoms with E-state index in [-0.39, 0.29) is 4.90 Å². The minimum absolute atomic E-state index is 0.121. The molecular formula is C11H14ClN3O2S2. The van der Waals surface area contributed by atoms with Crippen LogP contribution in [0.2, 0.25) is 0 Å². The summed E-state index contributed by atoms with van der Waals surface area (Å²) in [5.41, 5.74) is 3.83. The molecule has 0 atom stereocenters. The maximum atomic E-state index is 11.5. The molecule has 2 heterocycles. The first-order chi connectivity index (χ1) is 8.80. The van der Waals surface area contributed by atoms with Gasteiger partial charge in [0.25, 0.3) is 9.05 Å². The Hall–Kier alpha value is -0.920. The standard InChI is InChI=1S/C11H14ClN3O2S2/c1-7-10(18-6-13-7)4-5-15-9(3)11(8(2)14-15)19(12,16)17/h6H,4-5H2,1-3H3. The Morgan fingerprint density at radius 2 is 2.00 bits per heavy atom. The summed E-state index contributed by atoms with van der Waals surface area (Å²) in [4.78, 5) is 5.49. The van der Waals surface area contributed by atoms with Crippen LogP contribution in [0.5, 0.6) is 0 Å². The van der Waals surface area contributed by atoms with Crippen molar-refractivity contribution in [3.63, 3.8) is 0 Å². The summed E-state index contributed by atoms with van der Waals surface area (Å²) in [6.45, 7) is 5.94. The molecule has 19 heavy (non-hydrogen) atoms. The molecule has 0 aliphatic heterocycles. The third-order valence-corrected chi connectivity index (χ3v) is 5.49. The highest BCUT2D eigenvalue weighted by molar-refractivity contribution is 8.13. The largest absolute Gasteiger partial charge is 0.268 e. The fourth-order valence-corrected chi connectivity index (χ4v) is 4.32. The van der Waals surface area contributed by atoms with Crippen molar-refractivity contribution in [2.24, 2.45) is 0 Å². The van der Waals surface area contributed by atoms with Gasteiger partial charge in [0.05, 0.1) is 22.6 Å². The van der Waals surface area contributed by atoms with Crippen LogP contribution in [0.4, 0.5) is 0 Å². The highest BCUT2D eigenvalue weighted by Crippen LogP contribution is 2.23. The highest BCUT2D eigenvalue weighted by Gasteiger charge is 2.22. The number of thiazole rings is 1. The van der Waals surface area contributed by atoms with Crippen molar-refractivity contribution in [1.29, 1.82) is 0 Å². The van der Waals surface area contributed by atoms with Crippen LogP contribution in [0.1, 0.15) is 22.0 Å². The molecule has 2 rings (SSSR count). The Bertz CT molecular complexity index is 704. The number of hydrogen-bond donors (Lipinski definition) is 0. The zero-order chi connectivity index (χ0) is 14.2. The second-order valence-corrected chi connectivity index (χ2v) is 7.71. The number of hydrogen-bond acceptors (Lipinski definition) is 5. The van der Waals surface area contributed by atoms with Crippen LogP contribution in [-0.2, 0) is 22.0 Å². The zero-order valence-electron chi connectivity index (χ0n) is 10.8. The van der Waals surface area contributed by atoms with E-state index in [1.165, 1.54) is 4.88 Å². The van der Waals surface area contributed by atoms with E-state index >= 15 is 0 Å². The van der Waals surface area contributed by atoms with Gasteiger partial charge >= 0.3 is 0 Å². The third kappa shape index (κ3) is 2.98. The molecule has 5 nitrogen and oxygen atoms in total. The fourth-order valence-electron chi connectivity index (χ4n) is 2.02. The first-order valence-corrected chi connectivity index (χ1v) is 8.87. The van der Waals surface area contributed by atoms with Crippen LogP contribution >= 0.6 is 22.0 Å². The Balaban J connectivity index is 2.26. The summed E-state index contributed by atoms with van der Waals surface area (Å²) in [6.07, 6.45) is 0.778. The smallest absolute Gasteiger partial charge is 0.264 e. The Morgan fingerprint density at radius 1 is 1.32 bits per heavy atom. The third-order valence-electron chi connectivity index (χ3n) is 2.95. The SMILES string of the molecule is Cc1ncsc1CCn1nc(C)c(S(=O)(=O)Cl)c1C. The molecule has 0 unspecified atom stereocenters. The molecule has 0 saturated carbocycles. The zero-order valence-corrected chi connectivity index (χ0v) is 13.2. The minimum Gasteiger partial charge on any atom is -0.268 e. The van der Waals surface area contributed by atoms with Crippen molar-refractivity contribution in [1.82, 2.24) is 14.8 Å². The Labute approximate surface area is 120 Å². The minimum atomic E-state index is -3.74. The van der Waals surface area contributed by atoms with Crippen molar-refractivity contribution in [2.75, 3.05) is 0 Å². The second-order valence-electron chi connectivity index (χ2n) is 4.27. The van der Waals surface area contributed by atoms with Crippen LogP contribution in [0, 0.1) is 20.8 Å². The van der Waals surface area contributed by atoms with Crippen LogP contribution in [-0.4, -0.2) is 23.2 Å². The molecule has 104 valence electrons.